The molecular formula is C14H24N4O3. The lowest BCUT2D eigenvalue weighted by Gasteiger charge is -2.42. The maximum Gasteiger partial charge on any atom is 0.325 e. The summed E-state index contributed by atoms with van der Waals surface area (Å²) in [4.78, 5) is 31.8. The highest BCUT2D eigenvalue weighted by Crippen LogP contribution is 2.26. The maximum atomic E-state index is 11.3. The number of likely N-dealkylation sites (N-methyl/N-ethyl adjacent to an activating group) is 1. The van der Waals surface area contributed by atoms with Crippen LogP contribution in [-0.4, -0.2) is 66.2 Å². The fourth-order valence-corrected chi connectivity index (χ4v) is 2.97. The average Bonchev–Trinajstić information content (AvgIpc) is 2.39. The van der Waals surface area contributed by atoms with Gasteiger partial charge in [-0.3, -0.25) is 14.7 Å². The summed E-state index contributed by atoms with van der Waals surface area (Å²) >= 11 is 0. The zero-order valence-electron chi connectivity index (χ0n) is 12.9. The second-order valence-electron chi connectivity index (χ2n) is 6.01. The van der Waals surface area contributed by atoms with Gasteiger partial charge in [0.1, 0.15) is 0 Å². The molecule has 1 aromatic heterocycles. The minimum absolute atomic E-state index is 0.0957. The molecular weight excluding hydrogens is 272 g/mol. The molecule has 0 aromatic carbocycles. The molecule has 1 aromatic rings. The van der Waals surface area contributed by atoms with Gasteiger partial charge in [-0.15, -0.1) is 0 Å². The average molecular weight is 296 g/mol. The van der Waals surface area contributed by atoms with E-state index in [0.29, 0.717) is 12.2 Å². The van der Waals surface area contributed by atoms with Crippen LogP contribution in [0, 0.1) is 0 Å². The Hall–Kier alpha value is -1.44. The van der Waals surface area contributed by atoms with E-state index < -0.39 is 5.69 Å². The van der Waals surface area contributed by atoms with Crippen LogP contribution in [0.15, 0.2) is 15.7 Å². The Labute approximate surface area is 123 Å². The topological polar surface area (TPSA) is 81.4 Å². The van der Waals surface area contributed by atoms with Crippen molar-refractivity contribution in [2.24, 2.45) is 0 Å². The number of piperidine rings is 1. The first-order chi connectivity index (χ1) is 9.92. The zero-order valence-corrected chi connectivity index (χ0v) is 12.9. The zero-order chi connectivity index (χ0) is 15.5. The Morgan fingerprint density at radius 3 is 2.48 bits per heavy atom. The number of methoxy groups -OCH3 is 1. The molecule has 1 aliphatic rings. The number of aromatic amines is 2. The molecule has 1 saturated heterocycles. The standard InChI is InChI=1S/C14H24N4O3/c1-17(2)10-14(21-3)4-6-18(7-5-14)9-11-8-12(19)16-13(20)15-11/h8H,4-7,9-10H2,1-3H3,(H2,15,16,19,20). The molecule has 7 nitrogen and oxygen atoms in total. The Morgan fingerprint density at radius 2 is 1.95 bits per heavy atom. The molecule has 0 aliphatic carbocycles. The van der Waals surface area contributed by atoms with E-state index in [9.17, 15) is 9.59 Å². The van der Waals surface area contributed by atoms with Gasteiger partial charge >= 0.3 is 5.69 Å². The molecule has 0 radical (unpaired) electrons. The van der Waals surface area contributed by atoms with Gasteiger partial charge in [-0.25, -0.2) is 4.79 Å². The number of rotatable bonds is 5. The van der Waals surface area contributed by atoms with Gasteiger partial charge in [0.2, 0.25) is 0 Å². The summed E-state index contributed by atoms with van der Waals surface area (Å²) in [5, 5.41) is 0. The third kappa shape index (κ3) is 4.26. The van der Waals surface area contributed by atoms with E-state index in [4.69, 9.17) is 4.74 Å². The SMILES string of the molecule is COC1(CN(C)C)CCN(Cc2cc(=O)[nH]c(=O)[nH]2)CC1. The number of hydrogen-bond acceptors (Lipinski definition) is 5. The minimum Gasteiger partial charge on any atom is -0.377 e. The third-order valence-corrected chi connectivity index (χ3v) is 4.01. The van der Waals surface area contributed by atoms with Crippen molar-refractivity contribution in [2.45, 2.75) is 25.0 Å². The molecule has 2 rings (SSSR count). The molecule has 0 spiro atoms. The number of ether oxygens (including phenoxy) is 1. The largest absolute Gasteiger partial charge is 0.377 e. The summed E-state index contributed by atoms with van der Waals surface area (Å²) in [5.41, 5.74) is -0.249. The lowest BCUT2D eigenvalue weighted by Crippen LogP contribution is -2.50. The van der Waals surface area contributed by atoms with Crippen LogP contribution in [0.3, 0.4) is 0 Å². The number of aromatic nitrogens is 2. The van der Waals surface area contributed by atoms with Crippen LogP contribution in [0.1, 0.15) is 18.5 Å². The van der Waals surface area contributed by atoms with Gasteiger partial charge in [0.15, 0.2) is 0 Å². The summed E-state index contributed by atoms with van der Waals surface area (Å²) in [6.45, 7) is 3.26. The summed E-state index contributed by atoms with van der Waals surface area (Å²) < 4.78 is 5.75. The predicted octanol–water partition coefficient (Wildman–Crippen LogP) is -0.394. The molecule has 1 aliphatic heterocycles. The van der Waals surface area contributed by atoms with Crippen LogP contribution in [0.4, 0.5) is 0 Å². The van der Waals surface area contributed by atoms with E-state index in [1.165, 1.54) is 6.07 Å². The highest BCUT2D eigenvalue weighted by atomic mass is 16.5. The van der Waals surface area contributed by atoms with Gasteiger partial charge in [-0.2, -0.15) is 0 Å². The van der Waals surface area contributed by atoms with E-state index in [0.717, 1.165) is 32.5 Å². The Balaban J connectivity index is 1.97. The molecule has 0 unspecified atom stereocenters. The first-order valence-electron chi connectivity index (χ1n) is 7.17. The minimum atomic E-state index is -0.451. The Kier molecular flexibility index (Phi) is 4.97. The van der Waals surface area contributed by atoms with Crippen LogP contribution >= 0.6 is 0 Å². The fourth-order valence-electron chi connectivity index (χ4n) is 2.97. The monoisotopic (exact) mass is 296 g/mol. The van der Waals surface area contributed by atoms with Gasteiger partial charge in [-0.05, 0) is 26.9 Å². The number of hydrogen-bond donors (Lipinski definition) is 2. The second-order valence-corrected chi connectivity index (χ2v) is 6.01. The van der Waals surface area contributed by atoms with Crippen molar-refractivity contribution in [2.75, 3.05) is 40.8 Å². The van der Waals surface area contributed by atoms with Crippen LogP contribution in [0.25, 0.3) is 0 Å². The van der Waals surface area contributed by atoms with Crippen molar-refractivity contribution in [3.8, 4) is 0 Å². The van der Waals surface area contributed by atoms with Crippen molar-refractivity contribution < 1.29 is 4.74 Å². The van der Waals surface area contributed by atoms with E-state index >= 15 is 0 Å². The van der Waals surface area contributed by atoms with Crippen LogP contribution in [-0.2, 0) is 11.3 Å². The normalized spacial score (nSPS) is 19.0. The van der Waals surface area contributed by atoms with Gasteiger partial charge < -0.3 is 14.6 Å². The van der Waals surface area contributed by atoms with Gasteiger partial charge in [0, 0.05) is 45.0 Å². The van der Waals surface area contributed by atoms with E-state index in [1.807, 2.05) is 14.1 Å². The van der Waals surface area contributed by atoms with E-state index in [1.54, 1.807) is 7.11 Å². The van der Waals surface area contributed by atoms with Crippen LogP contribution in [0.2, 0.25) is 0 Å². The van der Waals surface area contributed by atoms with Gasteiger partial charge in [-0.1, -0.05) is 0 Å². The number of nitrogens with zero attached hydrogens (tertiary/aromatic N) is 2. The lowest BCUT2D eigenvalue weighted by molar-refractivity contribution is -0.0714. The van der Waals surface area contributed by atoms with Crippen molar-refractivity contribution >= 4 is 0 Å². The fraction of sp³-hybridized carbons (Fsp3) is 0.714. The molecule has 2 N–H and O–H groups in total. The summed E-state index contributed by atoms with van der Waals surface area (Å²) in [6, 6.07) is 1.44. The van der Waals surface area contributed by atoms with E-state index in [2.05, 4.69) is 19.8 Å². The number of likely N-dealkylation sites (tertiary alicyclic amines) is 1. The van der Waals surface area contributed by atoms with E-state index in [-0.39, 0.29) is 11.2 Å². The van der Waals surface area contributed by atoms with Crippen molar-refractivity contribution in [3.05, 3.63) is 32.6 Å². The first-order valence-corrected chi connectivity index (χ1v) is 7.17. The maximum absolute atomic E-state index is 11.3. The van der Waals surface area contributed by atoms with Crippen molar-refractivity contribution in [3.63, 3.8) is 0 Å². The Bertz CT molecular complexity index is 542. The van der Waals surface area contributed by atoms with Crippen molar-refractivity contribution in [1.82, 2.24) is 19.8 Å². The number of nitrogens with one attached hydrogen (secondary N) is 2. The molecule has 2 heterocycles. The molecule has 118 valence electrons. The van der Waals surface area contributed by atoms with Gasteiger partial charge in [0.05, 0.1) is 5.60 Å². The van der Waals surface area contributed by atoms with Gasteiger partial charge in [0.25, 0.3) is 5.56 Å². The van der Waals surface area contributed by atoms with Crippen molar-refractivity contribution in [1.29, 1.82) is 0 Å². The molecule has 7 heteroatoms. The second kappa shape index (κ2) is 6.55. The third-order valence-electron chi connectivity index (χ3n) is 4.01. The molecule has 0 atom stereocenters. The Morgan fingerprint density at radius 1 is 1.29 bits per heavy atom. The highest BCUT2D eigenvalue weighted by molar-refractivity contribution is 4.99. The summed E-state index contributed by atoms with van der Waals surface area (Å²) in [7, 11) is 5.87. The quantitative estimate of drug-likeness (QED) is 0.773. The molecule has 0 bridgehead atoms. The smallest absolute Gasteiger partial charge is 0.325 e. The highest BCUT2D eigenvalue weighted by Gasteiger charge is 2.34. The molecule has 1 fully saturated rings. The molecule has 0 saturated carbocycles. The first kappa shape index (κ1) is 15.9. The molecule has 0 amide bonds. The van der Waals surface area contributed by atoms with Crippen LogP contribution < -0.4 is 11.2 Å². The summed E-state index contributed by atoms with van der Waals surface area (Å²) in [5.74, 6) is 0. The predicted molar refractivity (Wildman–Crippen MR) is 80.5 cm³/mol. The lowest BCUT2D eigenvalue weighted by atomic mass is 9.90. The number of H-pyrrole nitrogens is 2. The molecule has 21 heavy (non-hydrogen) atoms. The van der Waals surface area contributed by atoms with Crippen LogP contribution in [0.5, 0.6) is 0 Å². The summed E-state index contributed by atoms with van der Waals surface area (Å²) in [6.07, 6.45) is 1.88.